The molecule has 3 nitrogen and oxygen atoms in total. The Morgan fingerprint density at radius 3 is 2.28 bits per heavy atom. The summed E-state index contributed by atoms with van der Waals surface area (Å²) >= 11 is 0. The molecule has 2 unspecified atom stereocenters. The van der Waals surface area contributed by atoms with Crippen molar-refractivity contribution in [2.45, 2.75) is 72.4 Å². The van der Waals surface area contributed by atoms with Crippen molar-refractivity contribution in [3.63, 3.8) is 0 Å². The van der Waals surface area contributed by atoms with Gasteiger partial charge in [0.25, 0.3) is 0 Å². The number of hydrogen-bond acceptors (Lipinski definition) is 2. The highest BCUT2D eigenvalue weighted by atomic mass is 15.3. The highest BCUT2D eigenvalue weighted by molar-refractivity contribution is 5.30. The highest BCUT2D eigenvalue weighted by Gasteiger charge is 2.21. The third-order valence-corrected chi connectivity index (χ3v) is 3.79. The molecule has 0 amide bonds. The van der Waals surface area contributed by atoms with Gasteiger partial charge in [-0.3, -0.25) is 4.68 Å². The van der Waals surface area contributed by atoms with E-state index in [0.29, 0.717) is 12.1 Å². The van der Waals surface area contributed by atoms with Crippen LogP contribution in [0.15, 0.2) is 0 Å². The van der Waals surface area contributed by atoms with Gasteiger partial charge in [0, 0.05) is 23.3 Å². The van der Waals surface area contributed by atoms with Gasteiger partial charge in [0.15, 0.2) is 0 Å². The average molecular weight is 251 g/mol. The fourth-order valence-corrected chi connectivity index (χ4v) is 2.70. The molecule has 0 radical (unpaired) electrons. The van der Waals surface area contributed by atoms with E-state index in [1.807, 2.05) is 7.05 Å². The van der Waals surface area contributed by atoms with Gasteiger partial charge in [0.05, 0.1) is 5.69 Å². The largest absolute Gasteiger partial charge is 0.313 e. The molecule has 0 aliphatic rings. The molecule has 3 heteroatoms. The Balaban J connectivity index is 3.23. The number of aromatic nitrogens is 2. The topological polar surface area (TPSA) is 29.9 Å². The van der Waals surface area contributed by atoms with E-state index in [-0.39, 0.29) is 0 Å². The number of aryl methyl sites for hydroxylation is 1. The Bertz CT molecular complexity index is 368. The molecule has 0 spiro atoms. The fourth-order valence-electron chi connectivity index (χ4n) is 2.70. The van der Waals surface area contributed by atoms with Crippen LogP contribution in [-0.4, -0.2) is 16.8 Å². The molecule has 1 N–H and O–H groups in total. The van der Waals surface area contributed by atoms with Crippen LogP contribution in [-0.2, 0) is 12.8 Å². The fraction of sp³-hybridized carbons (Fsp3) is 0.800. The molecule has 0 aliphatic carbocycles. The molecule has 1 rings (SSSR count). The Kier molecular flexibility index (Phi) is 5.86. The van der Waals surface area contributed by atoms with Crippen molar-refractivity contribution in [3.05, 3.63) is 17.0 Å². The van der Waals surface area contributed by atoms with Crippen molar-refractivity contribution in [2.24, 2.45) is 0 Å². The van der Waals surface area contributed by atoms with Crippen molar-refractivity contribution in [2.75, 3.05) is 7.05 Å². The molecule has 1 aromatic rings. The van der Waals surface area contributed by atoms with Crippen LogP contribution in [0.25, 0.3) is 0 Å². The summed E-state index contributed by atoms with van der Waals surface area (Å²) in [6.07, 6.45) is 4.48. The Morgan fingerprint density at radius 2 is 1.83 bits per heavy atom. The first-order chi connectivity index (χ1) is 8.60. The summed E-state index contributed by atoms with van der Waals surface area (Å²) in [7, 11) is 2.02. The second-order valence-corrected chi connectivity index (χ2v) is 5.11. The summed E-state index contributed by atoms with van der Waals surface area (Å²) in [5, 5.41) is 8.23. The van der Waals surface area contributed by atoms with Gasteiger partial charge in [-0.1, -0.05) is 27.2 Å². The van der Waals surface area contributed by atoms with Crippen molar-refractivity contribution in [1.82, 2.24) is 15.1 Å². The van der Waals surface area contributed by atoms with E-state index in [2.05, 4.69) is 44.6 Å². The molecular weight excluding hydrogens is 222 g/mol. The van der Waals surface area contributed by atoms with Gasteiger partial charge in [-0.15, -0.1) is 0 Å². The predicted octanol–water partition coefficient (Wildman–Crippen LogP) is 3.65. The van der Waals surface area contributed by atoms with Crippen molar-refractivity contribution < 1.29 is 0 Å². The zero-order chi connectivity index (χ0) is 13.7. The minimum Gasteiger partial charge on any atom is -0.313 e. The number of nitrogens with zero attached hydrogens (tertiary/aromatic N) is 2. The van der Waals surface area contributed by atoms with Crippen LogP contribution in [0.4, 0.5) is 0 Å². The van der Waals surface area contributed by atoms with Crippen molar-refractivity contribution in [1.29, 1.82) is 0 Å². The van der Waals surface area contributed by atoms with Gasteiger partial charge in [0.2, 0.25) is 0 Å². The summed E-state index contributed by atoms with van der Waals surface area (Å²) < 4.78 is 2.27. The zero-order valence-corrected chi connectivity index (χ0v) is 12.9. The summed E-state index contributed by atoms with van der Waals surface area (Å²) in [6.45, 7) is 11.2. The van der Waals surface area contributed by atoms with Gasteiger partial charge in [0.1, 0.15) is 0 Å². The number of hydrogen-bond donors (Lipinski definition) is 1. The quantitative estimate of drug-likeness (QED) is 0.801. The van der Waals surface area contributed by atoms with E-state index in [9.17, 15) is 0 Å². The summed E-state index contributed by atoms with van der Waals surface area (Å²) in [5.74, 6) is 0. The van der Waals surface area contributed by atoms with Crippen LogP contribution in [0, 0.1) is 0 Å². The summed E-state index contributed by atoms with van der Waals surface area (Å²) in [6, 6.07) is 0.894. The Hall–Kier alpha value is -0.830. The minimum absolute atomic E-state index is 0.387. The van der Waals surface area contributed by atoms with Crippen molar-refractivity contribution in [3.8, 4) is 0 Å². The van der Waals surface area contributed by atoms with Crippen LogP contribution in [0.3, 0.4) is 0 Å². The summed E-state index contributed by atoms with van der Waals surface area (Å²) in [5.41, 5.74) is 4.09. The maximum atomic E-state index is 4.86. The molecule has 2 atom stereocenters. The Morgan fingerprint density at radius 1 is 1.17 bits per heavy atom. The van der Waals surface area contributed by atoms with Gasteiger partial charge < -0.3 is 5.32 Å². The predicted molar refractivity (Wildman–Crippen MR) is 78.1 cm³/mol. The first-order valence-corrected chi connectivity index (χ1v) is 7.37. The maximum absolute atomic E-state index is 4.86. The van der Waals surface area contributed by atoms with E-state index >= 15 is 0 Å². The third-order valence-electron chi connectivity index (χ3n) is 3.79. The van der Waals surface area contributed by atoms with Gasteiger partial charge in [-0.25, -0.2) is 0 Å². The second kappa shape index (κ2) is 6.93. The standard InChI is InChI=1S/C15H29N3/c1-7-10-11(4)18-14(9-3)15(12(5)16-6)13(8-2)17-18/h11-12,16H,7-10H2,1-6H3. The molecule has 0 aliphatic heterocycles. The first-order valence-electron chi connectivity index (χ1n) is 7.37. The van der Waals surface area contributed by atoms with Crippen LogP contribution in [0.1, 0.15) is 76.5 Å². The molecule has 104 valence electrons. The summed E-state index contributed by atoms with van der Waals surface area (Å²) in [4.78, 5) is 0. The third kappa shape index (κ3) is 2.94. The molecule has 0 bridgehead atoms. The minimum atomic E-state index is 0.387. The maximum Gasteiger partial charge on any atom is 0.0672 e. The molecule has 0 saturated carbocycles. The van der Waals surface area contributed by atoms with Crippen LogP contribution in [0.5, 0.6) is 0 Å². The lowest BCUT2D eigenvalue weighted by atomic mass is 10.0. The van der Waals surface area contributed by atoms with Gasteiger partial charge in [-0.05, 0) is 40.2 Å². The molecule has 18 heavy (non-hydrogen) atoms. The lowest BCUT2D eigenvalue weighted by molar-refractivity contribution is 0.437. The second-order valence-electron chi connectivity index (χ2n) is 5.11. The van der Waals surface area contributed by atoms with Crippen LogP contribution >= 0.6 is 0 Å². The smallest absolute Gasteiger partial charge is 0.0672 e. The molecule has 0 aromatic carbocycles. The van der Waals surface area contributed by atoms with Crippen LogP contribution in [0.2, 0.25) is 0 Å². The molecule has 0 saturated heterocycles. The molecule has 0 fully saturated rings. The molecule has 1 heterocycles. The monoisotopic (exact) mass is 251 g/mol. The van der Waals surface area contributed by atoms with Crippen LogP contribution < -0.4 is 5.32 Å². The van der Waals surface area contributed by atoms with Crippen molar-refractivity contribution >= 4 is 0 Å². The normalized spacial score (nSPS) is 14.8. The lowest BCUT2D eigenvalue weighted by Crippen LogP contribution is -2.16. The SMILES string of the molecule is CCCC(C)n1nc(CC)c(C(C)NC)c1CC. The lowest BCUT2D eigenvalue weighted by Gasteiger charge is -2.17. The highest BCUT2D eigenvalue weighted by Crippen LogP contribution is 2.27. The van der Waals surface area contributed by atoms with E-state index in [4.69, 9.17) is 5.10 Å². The van der Waals surface area contributed by atoms with Gasteiger partial charge in [-0.2, -0.15) is 5.10 Å². The molecule has 1 aromatic heterocycles. The van der Waals surface area contributed by atoms with E-state index in [0.717, 1.165) is 12.8 Å². The number of nitrogens with one attached hydrogen (secondary N) is 1. The molecular formula is C15H29N3. The zero-order valence-electron chi connectivity index (χ0n) is 12.9. The van der Waals surface area contributed by atoms with E-state index in [1.54, 1.807) is 0 Å². The average Bonchev–Trinajstić information content (AvgIpc) is 2.76. The van der Waals surface area contributed by atoms with E-state index in [1.165, 1.54) is 29.8 Å². The van der Waals surface area contributed by atoms with Gasteiger partial charge >= 0.3 is 0 Å². The Labute approximate surface area is 112 Å². The van der Waals surface area contributed by atoms with E-state index < -0.39 is 0 Å². The first kappa shape index (κ1) is 15.2. The number of rotatable bonds is 7.